The molecule has 0 N–H and O–H groups in total. The fourth-order valence-electron chi connectivity index (χ4n) is 4.57. The molecule has 1 amide bonds. The van der Waals surface area contributed by atoms with Crippen molar-refractivity contribution in [1.82, 2.24) is 19.7 Å². The lowest BCUT2D eigenvalue weighted by Gasteiger charge is -2.32. The van der Waals surface area contributed by atoms with Crippen molar-refractivity contribution in [3.63, 3.8) is 0 Å². The molecule has 3 heterocycles. The van der Waals surface area contributed by atoms with Gasteiger partial charge in [-0.2, -0.15) is 0 Å². The van der Waals surface area contributed by atoms with Crippen molar-refractivity contribution in [3.8, 4) is 11.5 Å². The maximum atomic E-state index is 13.3. The monoisotopic (exact) mass is 398 g/mol. The molecule has 0 spiro atoms. The van der Waals surface area contributed by atoms with Gasteiger partial charge in [0.1, 0.15) is 23.1 Å². The standard InChI is InChI=1S/C22H30N4O3/c1-15-18(28-2)12-17(13-19(15)29-3)22(27)25-10-7-8-16(14-25)21-24-23-20-9-5-4-6-11-26(20)21/h12-13,16H,4-11,14H2,1-3H3. The first-order valence-corrected chi connectivity index (χ1v) is 10.6. The van der Waals surface area contributed by atoms with Crippen molar-refractivity contribution in [2.75, 3.05) is 27.3 Å². The fourth-order valence-corrected chi connectivity index (χ4v) is 4.57. The molecule has 1 atom stereocenters. The molecular formula is C22H30N4O3. The Morgan fingerprint density at radius 2 is 1.79 bits per heavy atom. The van der Waals surface area contributed by atoms with Crippen LogP contribution in [0.15, 0.2) is 12.1 Å². The molecule has 2 aliphatic heterocycles. The van der Waals surface area contributed by atoms with E-state index in [0.717, 1.165) is 49.6 Å². The largest absolute Gasteiger partial charge is 0.496 e. The maximum Gasteiger partial charge on any atom is 0.254 e. The molecule has 1 fully saturated rings. The summed E-state index contributed by atoms with van der Waals surface area (Å²) < 4.78 is 13.2. The fraction of sp³-hybridized carbons (Fsp3) is 0.591. The summed E-state index contributed by atoms with van der Waals surface area (Å²) in [7, 11) is 3.23. The Morgan fingerprint density at radius 1 is 1.03 bits per heavy atom. The summed E-state index contributed by atoms with van der Waals surface area (Å²) in [4.78, 5) is 15.2. The summed E-state index contributed by atoms with van der Waals surface area (Å²) in [5.41, 5.74) is 1.50. The van der Waals surface area contributed by atoms with E-state index >= 15 is 0 Å². The average molecular weight is 399 g/mol. The zero-order chi connectivity index (χ0) is 20.4. The Labute approximate surface area is 172 Å². The Bertz CT molecular complexity index is 867. The third kappa shape index (κ3) is 3.82. The Hall–Kier alpha value is -2.57. The molecule has 0 bridgehead atoms. The van der Waals surface area contributed by atoms with E-state index in [2.05, 4.69) is 14.8 Å². The number of benzene rings is 1. The van der Waals surface area contributed by atoms with Crippen LogP contribution in [0.2, 0.25) is 0 Å². The van der Waals surface area contributed by atoms with Crippen molar-refractivity contribution in [3.05, 3.63) is 34.9 Å². The highest BCUT2D eigenvalue weighted by Crippen LogP contribution is 2.32. The van der Waals surface area contributed by atoms with E-state index in [-0.39, 0.29) is 11.8 Å². The quantitative estimate of drug-likeness (QED) is 0.790. The number of piperidine rings is 1. The summed E-state index contributed by atoms with van der Waals surface area (Å²) in [6.07, 6.45) is 6.63. The molecule has 2 aromatic rings. The van der Waals surface area contributed by atoms with Crippen LogP contribution in [0.1, 0.15) is 65.6 Å². The van der Waals surface area contributed by atoms with Crippen molar-refractivity contribution < 1.29 is 14.3 Å². The molecule has 0 aliphatic carbocycles. The van der Waals surface area contributed by atoms with Gasteiger partial charge in [0, 0.05) is 43.1 Å². The molecule has 1 aromatic carbocycles. The summed E-state index contributed by atoms with van der Waals surface area (Å²) in [5.74, 6) is 3.75. The van der Waals surface area contributed by atoms with Gasteiger partial charge in [-0.1, -0.05) is 6.42 Å². The average Bonchev–Trinajstić information content (AvgIpc) is 3.01. The van der Waals surface area contributed by atoms with Gasteiger partial charge in [-0.25, -0.2) is 0 Å². The van der Waals surface area contributed by atoms with Crippen molar-refractivity contribution in [1.29, 1.82) is 0 Å². The van der Waals surface area contributed by atoms with Crippen LogP contribution in [-0.2, 0) is 13.0 Å². The first-order valence-electron chi connectivity index (χ1n) is 10.6. The topological polar surface area (TPSA) is 69.5 Å². The molecule has 7 nitrogen and oxygen atoms in total. The van der Waals surface area contributed by atoms with Crippen LogP contribution in [-0.4, -0.2) is 52.9 Å². The Balaban J connectivity index is 1.56. The van der Waals surface area contributed by atoms with Crippen LogP contribution in [0, 0.1) is 6.92 Å². The van der Waals surface area contributed by atoms with Crippen LogP contribution >= 0.6 is 0 Å². The second kappa shape index (κ2) is 8.43. The highest BCUT2D eigenvalue weighted by Gasteiger charge is 2.30. The second-order valence-corrected chi connectivity index (χ2v) is 8.03. The molecule has 1 aromatic heterocycles. The van der Waals surface area contributed by atoms with Crippen LogP contribution in [0.5, 0.6) is 11.5 Å². The van der Waals surface area contributed by atoms with Gasteiger partial charge in [0.2, 0.25) is 0 Å². The van der Waals surface area contributed by atoms with Gasteiger partial charge in [-0.15, -0.1) is 10.2 Å². The first kappa shape index (κ1) is 19.7. The van der Waals surface area contributed by atoms with Crippen LogP contribution in [0.4, 0.5) is 0 Å². The van der Waals surface area contributed by atoms with Gasteiger partial charge in [0.15, 0.2) is 0 Å². The third-order valence-electron chi connectivity index (χ3n) is 6.21. The number of methoxy groups -OCH3 is 2. The summed E-state index contributed by atoms with van der Waals surface area (Å²) in [5, 5.41) is 8.98. The number of hydrogen-bond acceptors (Lipinski definition) is 5. The molecular weight excluding hydrogens is 368 g/mol. The lowest BCUT2D eigenvalue weighted by molar-refractivity contribution is 0.0702. The zero-order valence-electron chi connectivity index (χ0n) is 17.6. The molecule has 0 saturated carbocycles. The number of rotatable bonds is 4. The number of amides is 1. The summed E-state index contributed by atoms with van der Waals surface area (Å²) in [6, 6.07) is 3.62. The third-order valence-corrected chi connectivity index (χ3v) is 6.21. The van der Waals surface area contributed by atoms with E-state index in [1.807, 2.05) is 24.0 Å². The highest BCUT2D eigenvalue weighted by atomic mass is 16.5. The van der Waals surface area contributed by atoms with Crippen LogP contribution in [0.25, 0.3) is 0 Å². The van der Waals surface area contributed by atoms with Crippen molar-refractivity contribution >= 4 is 5.91 Å². The van der Waals surface area contributed by atoms with Crippen LogP contribution in [0.3, 0.4) is 0 Å². The molecule has 1 unspecified atom stereocenters. The molecule has 4 rings (SSSR count). The van der Waals surface area contributed by atoms with Crippen molar-refractivity contribution in [2.45, 2.75) is 57.9 Å². The van der Waals surface area contributed by atoms with E-state index in [9.17, 15) is 4.79 Å². The van der Waals surface area contributed by atoms with Crippen LogP contribution < -0.4 is 9.47 Å². The smallest absolute Gasteiger partial charge is 0.254 e. The molecule has 0 radical (unpaired) electrons. The minimum Gasteiger partial charge on any atom is -0.496 e. The summed E-state index contributed by atoms with van der Waals surface area (Å²) in [6.45, 7) is 4.36. The Kier molecular flexibility index (Phi) is 5.74. The normalized spacial score (nSPS) is 19.4. The van der Waals surface area contributed by atoms with Gasteiger partial charge in [0.05, 0.1) is 14.2 Å². The molecule has 2 aliphatic rings. The number of nitrogens with zero attached hydrogens (tertiary/aromatic N) is 4. The van der Waals surface area contributed by atoms with E-state index in [1.54, 1.807) is 14.2 Å². The first-order chi connectivity index (χ1) is 14.1. The lowest BCUT2D eigenvalue weighted by Crippen LogP contribution is -2.39. The number of fused-ring (bicyclic) bond motifs is 1. The van der Waals surface area contributed by atoms with Gasteiger partial charge >= 0.3 is 0 Å². The zero-order valence-corrected chi connectivity index (χ0v) is 17.6. The molecule has 29 heavy (non-hydrogen) atoms. The maximum absolute atomic E-state index is 13.3. The van der Waals surface area contributed by atoms with Gasteiger partial charge in [-0.05, 0) is 44.7 Å². The second-order valence-electron chi connectivity index (χ2n) is 8.03. The number of hydrogen-bond donors (Lipinski definition) is 0. The minimum absolute atomic E-state index is 0.0157. The van der Waals surface area contributed by atoms with Gasteiger partial charge in [-0.3, -0.25) is 4.79 Å². The van der Waals surface area contributed by atoms with E-state index in [1.165, 1.54) is 19.3 Å². The van der Waals surface area contributed by atoms with Gasteiger partial charge < -0.3 is 18.9 Å². The number of carbonyl (C=O) groups excluding carboxylic acids is 1. The summed E-state index contributed by atoms with van der Waals surface area (Å²) >= 11 is 0. The predicted molar refractivity (Wildman–Crippen MR) is 110 cm³/mol. The van der Waals surface area contributed by atoms with E-state index < -0.39 is 0 Å². The Morgan fingerprint density at radius 3 is 2.52 bits per heavy atom. The number of aryl methyl sites for hydroxylation is 1. The van der Waals surface area contributed by atoms with E-state index in [4.69, 9.17) is 9.47 Å². The predicted octanol–water partition coefficient (Wildman–Crippen LogP) is 3.35. The van der Waals surface area contributed by atoms with Crippen molar-refractivity contribution in [2.24, 2.45) is 0 Å². The number of carbonyl (C=O) groups is 1. The molecule has 7 heteroatoms. The number of likely N-dealkylation sites (tertiary alicyclic amines) is 1. The number of aromatic nitrogens is 3. The lowest BCUT2D eigenvalue weighted by atomic mass is 9.96. The molecule has 1 saturated heterocycles. The SMILES string of the molecule is COc1cc(C(=O)N2CCCC(c3nnc4n3CCCCC4)C2)cc(OC)c1C. The van der Waals surface area contributed by atoms with E-state index in [0.29, 0.717) is 23.6 Å². The number of ether oxygens (including phenoxy) is 2. The van der Waals surface area contributed by atoms with Gasteiger partial charge in [0.25, 0.3) is 5.91 Å². The highest BCUT2D eigenvalue weighted by molar-refractivity contribution is 5.95. The minimum atomic E-state index is 0.0157. The molecule has 156 valence electrons.